The Morgan fingerprint density at radius 1 is 1.17 bits per heavy atom. The van der Waals surface area contributed by atoms with Crippen molar-refractivity contribution >= 4 is 23.1 Å². The van der Waals surface area contributed by atoms with E-state index in [1.807, 2.05) is 0 Å². The van der Waals surface area contributed by atoms with Gasteiger partial charge in [-0.3, -0.25) is 0 Å². The Morgan fingerprint density at radius 3 is 2.25 bits per heavy atom. The Morgan fingerprint density at radius 2 is 1.75 bits per heavy atom. The van der Waals surface area contributed by atoms with E-state index in [2.05, 4.69) is 38.2 Å². The van der Waals surface area contributed by atoms with Crippen LogP contribution in [0, 0.1) is 6.92 Å². The van der Waals surface area contributed by atoms with Crippen LogP contribution in [0.1, 0.15) is 32.6 Å². The fourth-order valence-electron chi connectivity index (χ4n) is 0.672. The molecule has 0 nitrogen and oxygen atoms in total. The van der Waals surface area contributed by atoms with Crippen molar-refractivity contribution in [3.63, 3.8) is 0 Å². The van der Waals surface area contributed by atoms with E-state index in [1.165, 1.54) is 19.3 Å². The minimum Gasteiger partial charge on any atom is -1.00 e. The molecule has 0 heterocycles. The minimum atomic E-state index is 0. The molecule has 0 amide bonds. The van der Waals surface area contributed by atoms with Crippen molar-refractivity contribution in [2.75, 3.05) is 0 Å². The van der Waals surface area contributed by atoms with Gasteiger partial charge in [-0.15, -0.1) is 6.08 Å². The van der Waals surface area contributed by atoms with Crippen molar-refractivity contribution in [3.8, 4) is 0 Å². The molecule has 0 aliphatic carbocycles. The van der Waals surface area contributed by atoms with E-state index in [1.54, 1.807) is 0 Å². The third kappa shape index (κ3) is 17.0. The van der Waals surface area contributed by atoms with Gasteiger partial charge in [0.05, 0.1) is 0 Å². The third-order valence-electron chi connectivity index (χ3n) is 1.27. The quantitative estimate of drug-likeness (QED) is 0.278. The van der Waals surface area contributed by atoms with E-state index in [-0.39, 0.29) is 40.0 Å². The fourth-order valence-corrected chi connectivity index (χ4v) is 0.672. The molecule has 0 aromatic heterocycles. The van der Waals surface area contributed by atoms with Gasteiger partial charge in [0.25, 0.3) is 0 Å². The first-order valence-electron chi connectivity index (χ1n) is 4.02. The molecule has 0 unspecified atom stereocenters. The van der Waals surface area contributed by atoms with Gasteiger partial charge in [-0.1, -0.05) is 38.0 Å². The number of rotatable bonds is 5. The van der Waals surface area contributed by atoms with Gasteiger partial charge in [0.1, 0.15) is 0 Å². The molecule has 0 fully saturated rings. The second kappa shape index (κ2) is 17.7. The van der Waals surface area contributed by atoms with Crippen LogP contribution in [0.2, 0.25) is 0 Å². The van der Waals surface area contributed by atoms with Crippen molar-refractivity contribution in [1.82, 2.24) is 0 Å². The maximum Gasteiger partial charge on any atom is 2.00 e. The number of hydrogen-bond acceptors (Lipinski definition) is 0. The second-order valence-corrected chi connectivity index (χ2v) is 2.29. The summed E-state index contributed by atoms with van der Waals surface area (Å²) in [5, 5.41) is 0. The standard InChI is InChI=1S/C10H17.BrH.Mg/c1-3-5-7-9-10-8-6-4-2;;/h5,7,9-10H,1,3-4,6,8H2,2H3;1H;/q-1;;+2/p-1/b7-5+,10-9+;;. The molecular weight excluding hydrogens is 224 g/mol. The Labute approximate surface area is 103 Å². The zero-order chi connectivity index (χ0) is 7.66. The molecule has 0 saturated heterocycles. The number of unbranched alkanes of at least 4 members (excludes halogenated alkanes) is 2. The summed E-state index contributed by atoms with van der Waals surface area (Å²) < 4.78 is 0. The SMILES string of the molecule is [Br-].[CH2-]C/C=C/C=C/CCCC.[Mg+2]. The van der Waals surface area contributed by atoms with Crippen LogP contribution in [0.15, 0.2) is 24.3 Å². The summed E-state index contributed by atoms with van der Waals surface area (Å²) in [5.41, 5.74) is 0. The van der Waals surface area contributed by atoms with E-state index in [0.717, 1.165) is 6.42 Å². The van der Waals surface area contributed by atoms with E-state index in [0.29, 0.717) is 0 Å². The first-order valence-corrected chi connectivity index (χ1v) is 4.02. The van der Waals surface area contributed by atoms with Crippen molar-refractivity contribution in [2.24, 2.45) is 0 Å². The van der Waals surface area contributed by atoms with Crippen LogP contribution in [0.3, 0.4) is 0 Å². The van der Waals surface area contributed by atoms with Crippen molar-refractivity contribution in [3.05, 3.63) is 31.2 Å². The predicted octanol–water partition coefficient (Wildman–Crippen LogP) is 0.136. The zero-order valence-electron chi connectivity index (χ0n) is 7.93. The molecule has 0 saturated carbocycles. The normalized spacial score (nSPS) is 9.83. The summed E-state index contributed by atoms with van der Waals surface area (Å²) in [5.74, 6) is 0. The third-order valence-corrected chi connectivity index (χ3v) is 1.27. The second-order valence-electron chi connectivity index (χ2n) is 2.29. The van der Waals surface area contributed by atoms with Crippen molar-refractivity contribution in [2.45, 2.75) is 32.6 Å². The molecule has 66 valence electrons. The molecule has 0 spiro atoms. The van der Waals surface area contributed by atoms with Crippen LogP contribution in [0.25, 0.3) is 0 Å². The molecule has 0 radical (unpaired) electrons. The average molecular weight is 241 g/mol. The Hall–Kier alpha value is 0.726. The molecule has 0 rings (SSSR count). The van der Waals surface area contributed by atoms with Crippen LogP contribution >= 0.6 is 0 Å². The largest absolute Gasteiger partial charge is 2.00 e. The maximum absolute atomic E-state index is 3.70. The van der Waals surface area contributed by atoms with Gasteiger partial charge in [-0.2, -0.15) is 6.42 Å². The molecule has 0 aliphatic heterocycles. The Kier molecular flexibility index (Phi) is 27.3. The summed E-state index contributed by atoms with van der Waals surface area (Å²) in [6.45, 7) is 5.91. The zero-order valence-corrected chi connectivity index (χ0v) is 10.9. The summed E-state index contributed by atoms with van der Waals surface area (Å²) in [4.78, 5) is 0. The van der Waals surface area contributed by atoms with Gasteiger partial charge in [-0.05, 0) is 6.42 Å². The van der Waals surface area contributed by atoms with Crippen LogP contribution in [-0.4, -0.2) is 23.1 Å². The van der Waals surface area contributed by atoms with Gasteiger partial charge in [-0.25, -0.2) is 0 Å². The smallest absolute Gasteiger partial charge is 1.00 e. The van der Waals surface area contributed by atoms with E-state index >= 15 is 0 Å². The Bertz CT molecular complexity index is 108. The van der Waals surface area contributed by atoms with Gasteiger partial charge >= 0.3 is 23.1 Å². The molecule has 0 bridgehead atoms. The van der Waals surface area contributed by atoms with Crippen LogP contribution in [0.5, 0.6) is 0 Å². The molecular formula is C10H17BrMg. The van der Waals surface area contributed by atoms with E-state index in [4.69, 9.17) is 0 Å². The van der Waals surface area contributed by atoms with Crippen molar-refractivity contribution in [1.29, 1.82) is 0 Å². The monoisotopic (exact) mass is 240 g/mol. The first kappa shape index (κ1) is 18.5. The van der Waals surface area contributed by atoms with Gasteiger partial charge in [0, 0.05) is 0 Å². The van der Waals surface area contributed by atoms with Gasteiger partial charge in [0.2, 0.25) is 0 Å². The Balaban J connectivity index is -0.000000405. The van der Waals surface area contributed by atoms with Crippen LogP contribution < -0.4 is 17.0 Å². The molecule has 0 atom stereocenters. The number of hydrogen-bond donors (Lipinski definition) is 0. The molecule has 2 heteroatoms. The molecule has 0 aromatic rings. The minimum absolute atomic E-state index is 0. The van der Waals surface area contributed by atoms with Gasteiger partial charge < -0.3 is 23.9 Å². The predicted molar refractivity (Wildman–Crippen MR) is 53.5 cm³/mol. The summed E-state index contributed by atoms with van der Waals surface area (Å²) in [7, 11) is 0. The fraction of sp³-hybridized carbons (Fsp3) is 0.500. The first-order chi connectivity index (χ1) is 4.91. The number of allylic oxidation sites excluding steroid dienone is 4. The van der Waals surface area contributed by atoms with Gasteiger partial charge in [0.15, 0.2) is 0 Å². The number of halogens is 1. The summed E-state index contributed by atoms with van der Waals surface area (Å²) in [6, 6.07) is 0. The molecule has 0 aromatic carbocycles. The topological polar surface area (TPSA) is 0 Å². The van der Waals surface area contributed by atoms with E-state index < -0.39 is 0 Å². The van der Waals surface area contributed by atoms with Crippen molar-refractivity contribution < 1.29 is 17.0 Å². The molecule has 12 heavy (non-hydrogen) atoms. The molecule has 0 N–H and O–H groups in total. The van der Waals surface area contributed by atoms with E-state index in [9.17, 15) is 0 Å². The molecule has 0 aliphatic rings. The van der Waals surface area contributed by atoms with Crippen LogP contribution in [-0.2, 0) is 0 Å². The average Bonchev–Trinajstić information content (AvgIpc) is 1.97. The maximum atomic E-state index is 3.70. The summed E-state index contributed by atoms with van der Waals surface area (Å²) in [6.07, 6.45) is 13.1. The van der Waals surface area contributed by atoms with Crippen LogP contribution in [0.4, 0.5) is 0 Å². The summed E-state index contributed by atoms with van der Waals surface area (Å²) >= 11 is 0.